The van der Waals surface area contributed by atoms with E-state index in [0.717, 1.165) is 44.9 Å². The van der Waals surface area contributed by atoms with Crippen molar-refractivity contribution in [2.75, 3.05) is 84.7 Å². The van der Waals surface area contributed by atoms with Gasteiger partial charge in [0.15, 0.2) is 0 Å². The largest absolute Gasteiger partial charge is 0.492 e. The number of alkyl halides is 1. The molecule has 4 amide bonds. The summed E-state index contributed by atoms with van der Waals surface area (Å²) in [6.45, 7) is 4.49. The van der Waals surface area contributed by atoms with Crippen LogP contribution in [0.1, 0.15) is 58.3 Å². The lowest BCUT2D eigenvalue weighted by molar-refractivity contribution is -0.137. The number of fused-ring (bicyclic) bond motifs is 1. The quantitative estimate of drug-likeness (QED) is 0.0229. The van der Waals surface area contributed by atoms with Crippen molar-refractivity contribution in [3.63, 3.8) is 0 Å². The van der Waals surface area contributed by atoms with E-state index in [2.05, 4.69) is 41.7 Å². The maximum absolute atomic E-state index is 13.0. The third-order valence-corrected chi connectivity index (χ3v) is 11.9. The number of ether oxygens (including phenoxy) is 5. The Morgan fingerprint density at radius 2 is 1.35 bits per heavy atom. The molecular formula is C49H56ClN3O9S. The van der Waals surface area contributed by atoms with Gasteiger partial charge in [-0.1, -0.05) is 78.9 Å². The molecule has 2 heterocycles. The Hall–Kier alpha value is -5.02. The van der Waals surface area contributed by atoms with Gasteiger partial charge >= 0.3 is 0 Å². The highest BCUT2D eigenvalue weighted by Crippen LogP contribution is 2.36. The van der Waals surface area contributed by atoms with Crippen molar-refractivity contribution < 1.29 is 42.9 Å². The summed E-state index contributed by atoms with van der Waals surface area (Å²) in [4.78, 5) is 53.8. The van der Waals surface area contributed by atoms with E-state index in [-0.39, 0.29) is 30.6 Å². The number of allylic oxidation sites excluding steroid dienone is 1. The number of thioether (sulfide) groups is 1. The van der Waals surface area contributed by atoms with E-state index in [9.17, 15) is 19.2 Å². The zero-order valence-electron chi connectivity index (χ0n) is 35.8. The van der Waals surface area contributed by atoms with Crippen molar-refractivity contribution in [2.45, 2.75) is 43.2 Å². The van der Waals surface area contributed by atoms with Gasteiger partial charge in [-0.15, -0.1) is 23.4 Å². The highest BCUT2D eigenvalue weighted by atomic mass is 35.5. The van der Waals surface area contributed by atoms with Crippen LogP contribution in [0, 0.1) is 0 Å². The van der Waals surface area contributed by atoms with E-state index in [0.29, 0.717) is 96.2 Å². The number of piperidine rings is 1. The van der Waals surface area contributed by atoms with E-state index in [1.54, 1.807) is 34.7 Å². The van der Waals surface area contributed by atoms with Gasteiger partial charge in [0.05, 0.1) is 65.8 Å². The molecule has 2 aliphatic rings. The molecule has 63 heavy (non-hydrogen) atoms. The topological polar surface area (TPSA) is 133 Å². The van der Waals surface area contributed by atoms with Crippen LogP contribution in [0.5, 0.6) is 5.75 Å². The number of hydrogen-bond acceptors (Lipinski definition) is 10. The molecule has 0 saturated carbocycles. The maximum atomic E-state index is 13.0. The lowest BCUT2D eigenvalue weighted by Crippen LogP contribution is -2.52. The van der Waals surface area contributed by atoms with Crippen LogP contribution >= 0.6 is 23.4 Å². The van der Waals surface area contributed by atoms with Crippen LogP contribution in [0.4, 0.5) is 0 Å². The van der Waals surface area contributed by atoms with Crippen LogP contribution in [0.25, 0.3) is 11.1 Å². The second-order valence-corrected chi connectivity index (χ2v) is 16.5. The molecule has 1 saturated heterocycles. The Morgan fingerprint density at radius 1 is 0.730 bits per heavy atom. The van der Waals surface area contributed by atoms with Gasteiger partial charge < -0.3 is 33.5 Å². The number of amides is 4. The zero-order valence-corrected chi connectivity index (χ0v) is 37.3. The van der Waals surface area contributed by atoms with E-state index in [1.807, 2.05) is 60.7 Å². The van der Waals surface area contributed by atoms with Gasteiger partial charge in [-0.05, 0) is 70.5 Å². The Kier molecular flexibility index (Phi) is 19.1. The number of carbonyl (C=O) groups excluding carboxylic acids is 4. The highest BCUT2D eigenvalue weighted by Gasteiger charge is 2.39. The van der Waals surface area contributed by atoms with E-state index in [4.69, 9.17) is 35.3 Å². The molecule has 1 unspecified atom stereocenters. The van der Waals surface area contributed by atoms with E-state index < -0.39 is 11.9 Å². The fourth-order valence-electron chi connectivity index (χ4n) is 7.43. The van der Waals surface area contributed by atoms with Crippen molar-refractivity contribution in [1.29, 1.82) is 0 Å². The smallest absolute Gasteiger partial charge is 0.255 e. The number of halogens is 1. The number of imide groups is 1. The van der Waals surface area contributed by atoms with Gasteiger partial charge in [-0.3, -0.25) is 24.5 Å². The van der Waals surface area contributed by atoms with Crippen LogP contribution in [-0.4, -0.2) is 124 Å². The summed E-state index contributed by atoms with van der Waals surface area (Å²) >= 11 is 7.91. The van der Waals surface area contributed by atoms with Gasteiger partial charge in [0.2, 0.25) is 17.7 Å². The maximum Gasteiger partial charge on any atom is 0.255 e. The summed E-state index contributed by atoms with van der Waals surface area (Å²) < 4.78 is 28.5. The second kappa shape index (κ2) is 25.3. The minimum absolute atomic E-state index is 0.0205. The Labute approximate surface area is 379 Å². The molecule has 0 spiro atoms. The van der Waals surface area contributed by atoms with Gasteiger partial charge in [0.1, 0.15) is 18.4 Å². The molecule has 1 atom stereocenters. The van der Waals surface area contributed by atoms with Gasteiger partial charge in [0, 0.05) is 42.1 Å². The lowest BCUT2D eigenvalue weighted by atomic mass is 9.88. The minimum atomic E-state index is -0.631. The molecule has 4 aromatic rings. The predicted molar refractivity (Wildman–Crippen MR) is 245 cm³/mol. The molecule has 334 valence electrons. The normalized spacial score (nSPS) is 15.2. The Morgan fingerprint density at radius 3 is 2.00 bits per heavy atom. The number of nitrogens with zero attached hydrogens (tertiary/aromatic N) is 2. The van der Waals surface area contributed by atoms with Crippen molar-refractivity contribution in [2.24, 2.45) is 0 Å². The Bertz CT molecular complexity index is 2140. The Balaban J connectivity index is 0.777. The summed E-state index contributed by atoms with van der Waals surface area (Å²) in [5.41, 5.74) is 7.19. The highest BCUT2D eigenvalue weighted by molar-refractivity contribution is 7.99. The number of carbonyl (C=O) groups is 4. The van der Waals surface area contributed by atoms with Crippen LogP contribution in [0.3, 0.4) is 0 Å². The average Bonchev–Trinajstić information content (AvgIpc) is 3.64. The van der Waals surface area contributed by atoms with Gasteiger partial charge in [-0.2, -0.15) is 0 Å². The first kappa shape index (κ1) is 47.5. The molecule has 0 radical (unpaired) electrons. The summed E-state index contributed by atoms with van der Waals surface area (Å²) in [6.07, 6.45) is 1.56. The molecule has 0 aromatic heterocycles. The third kappa shape index (κ3) is 14.0. The first-order valence-corrected chi connectivity index (χ1v) is 22.9. The van der Waals surface area contributed by atoms with Crippen LogP contribution < -0.4 is 10.1 Å². The third-order valence-electron chi connectivity index (χ3n) is 10.7. The number of hydrogen-bond donors (Lipinski definition) is 1. The molecule has 2 aliphatic heterocycles. The SMILES string of the molecule is CN(CCOc1ccc(C(=C(CCCl)c2ccccc2)c2ccccc2)cc1)C(=O)CCOCCOCCOCCOCCSc1cccc2c1CN(C1CCC(=O)NC1=O)C2=O. The molecule has 4 aromatic carbocycles. The predicted octanol–water partition coefficient (Wildman–Crippen LogP) is 7.12. The van der Waals surface area contributed by atoms with Crippen LogP contribution in [0.2, 0.25) is 0 Å². The molecule has 12 nitrogen and oxygen atoms in total. The van der Waals surface area contributed by atoms with Gasteiger partial charge in [0.25, 0.3) is 5.91 Å². The zero-order chi connectivity index (χ0) is 44.2. The number of nitrogens with one attached hydrogen (secondary N) is 1. The fraction of sp³-hybridized carbons (Fsp3) is 0.388. The molecule has 6 rings (SSSR count). The molecular weight excluding hydrogens is 842 g/mol. The van der Waals surface area contributed by atoms with E-state index >= 15 is 0 Å². The lowest BCUT2D eigenvalue weighted by Gasteiger charge is -2.29. The van der Waals surface area contributed by atoms with Crippen LogP contribution in [-0.2, 0) is 39.9 Å². The summed E-state index contributed by atoms with van der Waals surface area (Å²) in [5, 5.41) is 2.34. The molecule has 1 N–H and O–H groups in total. The van der Waals surface area contributed by atoms with Crippen molar-refractivity contribution in [3.05, 3.63) is 131 Å². The first-order valence-electron chi connectivity index (χ1n) is 21.4. The molecule has 0 aliphatic carbocycles. The van der Waals surface area contributed by atoms with Crippen molar-refractivity contribution in [1.82, 2.24) is 15.1 Å². The molecule has 1 fully saturated rings. The second-order valence-electron chi connectivity index (χ2n) is 14.9. The summed E-state index contributed by atoms with van der Waals surface area (Å²) in [5.74, 6) is 1.03. The van der Waals surface area contributed by atoms with Crippen molar-refractivity contribution >= 4 is 58.1 Å². The van der Waals surface area contributed by atoms with Gasteiger partial charge in [-0.25, -0.2) is 0 Å². The van der Waals surface area contributed by atoms with E-state index in [1.165, 1.54) is 5.57 Å². The van der Waals surface area contributed by atoms with Crippen molar-refractivity contribution in [3.8, 4) is 5.75 Å². The number of rotatable bonds is 26. The number of likely N-dealkylation sites (N-methyl/N-ethyl adjacent to an activating group) is 1. The van der Waals surface area contributed by atoms with Crippen LogP contribution in [0.15, 0.2) is 108 Å². The first-order chi connectivity index (χ1) is 30.8. The summed E-state index contributed by atoms with van der Waals surface area (Å²) in [7, 11) is 1.77. The summed E-state index contributed by atoms with van der Waals surface area (Å²) in [6, 6.07) is 33.8. The number of benzene rings is 4. The average molecular weight is 899 g/mol. The molecule has 0 bridgehead atoms. The standard InChI is InChI=1S/C49H56ClN3O9S/c1-52(24-26-62-39-17-15-38(16-18-39)47(37-11-6-3-7-12-37)40(21-23-50)36-9-4-2-5-10-36)46(55)22-25-58-27-28-59-29-30-60-31-32-61-33-34-63-44-14-8-13-41-42(44)35-53(49(41)57)43-19-20-45(54)51-48(43)56/h2-18,43H,19-35H2,1H3,(H,51,54,56). The molecule has 14 heteroatoms. The monoisotopic (exact) mass is 897 g/mol. The minimum Gasteiger partial charge on any atom is -0.492 e. The fourth-order valence-corrected chi connectivity index (χ4v) is 8.56.